The molecule has 0 fully saturated rings. The van der Waals surface area contributed by atoms with E-state index in [4.69, 9.17) is 15.2 Å². The van der Waals surface area contributed by atoms with E-state index >= 15 is 0 Å². The van der Waals surface area contributed by atoms with E-state index < -0.39 is 8.24 Å². The van der Waals surface area contributed by atoms with E-state index in [1.54, 1.807) is 0 Å². The molecule has 7 nitrogen and oxygen atoms in total. The molecule has 0 spiro atoms. The summed E-state index contributed by atoms with van der Waals surface area (Å²) >= 11 is 0. The van der Waals surface area contributed by atoms with Gasteiger partial charge in [-0.1, -0.05) is 24.3 Å². The second-order valence-corrected chi connectivity index (χ2v) is 16.3. The van der Waals surface area contributed by atoms with Crippen LogP contribution < -0.4 is 45.9 Å². The SMILES string of the molecule is CC(C)n1c(=N)n(C(C)C)c2ccccc21.CC(C)n1c(=N[Si](C)(C)C)n(C(C)C)c2ccccc21.C[O-].[Na+]. The third kappa shape index (κ3) is 7.88. The smallest absolute Gasteiger partial charge is 0.857 e. The predicted molar refractivity (Wildman–Crippen MR) is 162 cm³/mol. The number of nitrogens with zero attached hydrogens (tertiary/aromatic N) is 5. The summed E-state index contributed by atoms with van der Waals surface area (Å²) in [4.78, 5) is 0. The van der Waals surface area contributed by atoms with Crippen LogP contribution in [0.15, 0.2) is 53.2 Å². The van der Waals surface area contributed by atoms with Gasteiger partial charge in [0.25, 0.3) is 0 Å². The molecule has 210 valence electrons. The van der Waals surface area contributed by atoms with Gasteiger partial charge in [0.05, 0.1) is 22.1 Å². The Bertz CT molecular complexity index is 1370. The van der Waals surface area contributed by atoms with Crippen molar-refractivity contribution in [3.8, 4) is 0 Å². The molecule has 0 saturated carbocycles. The number of para-hydroxylation sites is 4. The number of imidazole rings is 2. The Labute approximate surface area is 258 Å². The summed E-state index contributed by atoms with van der Waals surface area (Å²) in [5.74, 6) is 0. The van der Waals surface area contributed by atoms with Crippen LogP contribution in [0.5, 0.6) is 0 Å². The first-order valence-corrected chi connectivity index (χ1v) is 17.1. The van der Waals surface area contributed by atoms with Gasteiger partial charge in [-0.2, -0.15) is 7.11 Å². The average Bonchev–Trinajstić information content (AvgIpc) is 3.30. The molecule has 0 amide bonds. The van der Waals surface area contributed by atoms with Crippen molar-refractivity contribution in [2.45, 2.75) is 99.2 Å². The number of nitrogens with one attached hydrogen (secondary N) is 1. The maximum atomic E-state index is 8.26. The molecular formula is C30H49N6NaOSi. The van der Waals surface area contributed by atoms with Gasteiger partial charge in [0.1, 0.15) is 0 Å². The van der Waals surface area contributed by atoms with Crippen molar-refractivity contribution in [1.82, 2.24) is 18.3 Å². The molecule has 0 atom stereocenters. The molecule has 0 saturated heterocycles. The van der Waals surface area contributed by atoms with Crippen LogP contribution in [-0.2, 0) is 0 Å². The van der Waals surface area contributed by atoms with Crippen molar-refractivity contribution in [2.24, 2.45) is 4.66 Å². The molecular weight excluding hydrogens is 511 g/mol. The van der Waals surface area contributed by atoms with Crippen LogP contribution in [0, 0.1) is 5.41 Å². The van der Waals surface area contributed by atoms with E-state index in [0.717, 1.165) is 23.8 Å². The monoisotopic (exact) mass is 560 g/mol. The van der Waals surface area contributed by atoms with E-state index in [-0.39, 0.29) is 29.6 Å². The van der Waals surface area contributed by atoms with Crippen LogP contribution >= 0.6 is 0 Å². The molecule has 1 N–H and O–H groups in total. The molecule has 2 heterocycles. The Hall–Kier alpha value is -1.84. The molecule has 2 aromatic carbocycles. The Morgan fingerprint density at radius 3 is 1.08 bits per heavy atom. The minimum atomic E-state index is -1.53. The van der Waals surface area contributed by atoms with Crippen LogP contribution in [0.25, 0.3) is 22.1 Å². The Morgan fingerprint density at radius 1 is 0.590 bits per heavy atom. The predicted octanol–water partition coefficient (Wildman–Crippen LogP) is 3.40. The summed E-state index contributed by atoms with van der Waals surface area (Å²) in [5.41, 5.74) is 6.59. The largest absolute Gasteiger partial charge is 1.00 e. The van der Waals surface area contributed by atoms with Crippen LogP contribution in [0.4, 0.5) is 0 Å². The van der Waals surface area contributed by atoms with Gasteiger partial charge in [-0.25, -0.2) is 0 Å². The van der Waals surface area contributed by atoms with Crippen LogP contribution in [0.2, 0.25) is 19.6 Å². The number of benzene rings is 2. The van der Waals surface area contributed by atoms with Gasteiger partial charge in [-0.05, 0) is 99.3 Å². The molecule has 39 heavy (non-hydrogen) atoms. The van der Waals surface area contributed by atoms with Gasteiger partial charge in [-0.15, -0.1) is 0 Å². The number of hydrogen-bond donors (Lipinski definition) is 1. The third-order valence-electron chi connectivity index (χ3n) is 6.19. The fraction of sp³-hybridized carbons (Fsp3) is 0.533. The number of fused-ring (bicyclic) bond motifs is 2. The van der Waals surface area contributed by atoms with Gasteiger partial charge in [-0.3, -0.25) is 10.1 Å². The van der Waals surface area contributed by atoms with Crippen molar-refractivity contribution in [1.29, 1.82) is 5.41 Å². The second-order valence-electron chi connectivity index (χ2n) is 11.7. The van der Waals surface area contributed by atoms with Crippen LogP contribution in [-0.4, -0.2) is 33.6 Å². The van der Waals surface area contributed by atoms with Crippen molar-refractivity contribution in [2.75, 3.05) is 7.11 Å². The Balaban J connectivity index is 0.000000365. The molecule has 4 aromatic rings. The molecule has 0 aliphatic heterocycles. The topological polar surface area (TPSA) is 79.0 Å². The van der Waals surface area contributed by atoms with Crippen LogP contribution in [0.3, 0.4) is 0 Å². The molecule has 0 radical (unpaired) electrons. The summed E-state index contributed by atoms with van der Waals surface area (Å²) in [6, 6.07) is 18.3. The molecule has 0 aliphatic carbocycles. The maximum Gasteiger partial charge on any atom is 1.00 e. The summed E-state index contributed by atoms with van der Waals surface area (Å²) in [6.07, 6.45) is 0. The summed E-state index contributed by atoms with van der Waals surface area (Å²) in [7, 11) is -0.782. The quantitative estimate of drug-likeness (QED) is 0.373. The van der Waals surface area contributed by atoms with Gasteiger partial charge in [0.2, 0.25) is 5.62 Å². The number of aromatic nitrogens is 4. The zero-order chi connectivity index (χ0) is 28.9. The Kier molecular flexibility index (Phi) is 13.3. The summed E-state index contributed by atoms with van der Waals surface area (Å²) < 4.78 is 14.1. The second kappa shape index (κ2) is 14.7. The van der Waals surface area contributed by atoms with E-state index in [1.165, 1.54) is 11.0 Å². The molecule has 0 unspecified atom stereocenters. The van der Waals surface area contributed by atoms with Crippen LogP contribution in [0.1, 0.15) is 79.6 Å². The normalized spacial score (nSPS) is 11.5. The zero-order valence-electron chi connectivity index (χ0n) is 26.6. The first-order valence-electron chi connectivity index (χ1n) is 13.7. The number of rotatable bonds is 5. The van der Waals surface area contributed by atoms with Crippen molar-refractivity contribution < 1.29 is 34.7 Å². The molecule has 0 bridgehead atoms. The first-order chi connectivity index (χ1) is 17.8. The van der Waals surface area contributed by atoms with E-state index in [1.807, 2.05) is 12.1 Å². The summed E-state index contributed by atoms with van der Waals surface area (Å²) in [5, 5.41) is 16.5. The molecule has 9 heteroatoms. The minimum absolute atomic E-state index is 0. The van der Waals surface area contributed by atoms with Gasteiger partial charge < -0.3 is 23.4 Å². The fourth-order valence-corrected chi connectivity index (χ4v) is 5.71. The van der Waals surface area contributed by atoms with Gasteiger partial charge >= 0.3 is 29.6 Å². The average molecular weight is 561 g/mol. The summed E-state index contributed by atoms with van der Waals surface area (Å²) in [6.45, 7) is 24.3. The van der Waals surface area contributed by atoms with Gasteiger partial charge in [0.15, 0.2) is 13.9 Å². The van der Waals surface area contributed by atoms with Crippen molar-refractivity contribution in [3.05, 3.63) is 59.8 Å². The molecule has 4 rings (SSSR count). The maximum absolute atomic E-state index is 8.26. The third-order valence-corrected chi connectivity index (χ3v) is 7.06. The molecule has 2 aromatic heterocycles. The fourth-order valence-electron chi connectivity index (χ4n) is 4.89. The first kappa shape index (κ1) is 35.2. The molecule has 0 aliphatic rings. The van der Waals surface area contributed by atoms with E-state index in [2.05, 4.69) is 130 Å². The van der Waals surface area contributed by atoms with Crippen molar-refractivity contribution in [3.63, 3.8) is 0 Å². The van der Waals surface area contributed by atoms with Gasteiger partial charge in [0, 0.05) is 24.2 Å². The minimum Gasteiger partial charge on any atom is -0.857 e. The standard InChI is InChI=1S/C16H27N3Si.C13H19N3.CH3O.Na/c1-12(2)18-14-10-8-9-11-15(14)19(13(3)4)16(18)17-20(5,6)7;1-9(2)15-11-7-5-6-8-12(11)16(10(3)4)13(15)14;1-2;/h8-13H,1-7H3;5-10,14H,1-4H3;1H3;/q;;-1;+1. The van der Waals surface area contributed by atoms with E-state index in [9.17, 15) is 0 Å². The van der Waals surface area contributed by atoms with Crippen molar-refractivity contribution >= 4 is 30.3 Å². The zero-order valence-corrected chi connectivity index (χ0v) is 29.6. The Morgan fingerprint density at radius 2 is 0.846 bits per heavy atom. The van der Waals surface area contributed by atoms with E-state index in [0.29, 0.717) is 29.8 Å². The number of hydrogen-bond acceptors (Lipinski definition) is 3.